The highest BCUT2D eigenvalue weighted by molar-refractivity contribution is 5.77. The number of amides is 1. The Labute approximate surface area is 138 Å². The van der Waals surface area contributed by atoms with Crippen LogP contribution in [0.4, 0.5) is 0 Å². The van der Waals surface area contributed by atoms with Gasteiger partial charge >= 0.3 is 0 Å². The van der Waals surface area contributed by atoms with E-state index < -0.39 is 0 Å². The SMILES string of the molecule is COCCN(CCOC)C1CN(C(=O)CCc2ccncc2)C1. The molecule has 6 nitrogen and oxygen atoms in total. The maximum Gasteiger partial charge on any atom is 0.223 e. The second kappa shape index (κ2) is 9.60. The van der Waals surface area contributed by atoms with Crippen molar-refractivity contribution in [2.75, 3.05) is 53.6 Å². The zero-order valence-electron chi connectivity index (χ0n) is 14.1. The van der Waals surface area contributed by atoms with Crippen LogP contribution in [-0.2, 0) is 20.7 Å². The molecule has 1 aromatic heterocycles. The molecule has 0 N–H and O–H groups in total. The van der Waals surface area contributed by atoms with E-state index in [9.17, 15) is 4.79 Å². The smallest absolute Gasteiger partial charge is 0.223 e. The van der Waals surface area contributed by atoms with Crippen LogP contribution in [0.15, 0.2) is 24.5 Å². The summed E-state index contributed by atoms with van der Waals surface area (Å²) < 4.78 is 10.3. The minimum Gasteiger partial charge on any atom is -0.383 e. The highest BCUT2D eigenvalue weighted by Crippen LogP contribution is 2.17. The normalized spacial score (nSPS) is 15.0. The largest absolute Gasteiger partial charge is 0.383 e. The summed E-state index contributed by atoms with van der Waals surface area (Å²) in [5.74, 6) is 0.233. The van der Waals surface area contributed by atoms with Gasteiger partial charge in [0.1, 0.15) is 0 Å². The average Bonchev–Trinajstić information content (AvgIpc) is 2.54. The average molecular weight is 321 g/mol. The van der Waals surface area contributed by atoms with Gasteiger partial charge in [-0.2, -0.15) is 0 Å². The van der Waals surface area contributed by atoms with Crippen LogP contribution in [0.3, 0.4) is 0 Å². The van der Waals surface area contributed by atoms with Gasteiger partial charge in [0, 0.05) is 65.3 Å². The first-order valence-electron chi connectivity index (χ1n) is 8.13. The van der Waals surface area contributed by atoms with E-state index in [4.69, 9.17) is 9.47 Å². The van der Waals surface area contributed by atoms with E-state index in [0.717, 1.165) is 38.2 Å². The molecule has 1 aromatic rings. The molecule has 0 spiro atoms. The summed E-state index contributed by atoms with van der Waals surface area (Å²) in [6.07, 6.45) is 4.87. The lowest BCUT2D eigenvalue weighted by Gasteiger charge is -2.45. The molecule has 0 bridgehead atoms. The predicted molar refractivity (Wildman–Crippen MR) is 88.3 cm³/mol. The third-order valence-electron chi connectivity index (χ3n) is 4.27. The first kappa shape index (κ1) is 17.8. The molecule has 2 rings (SSSR count). The molecule has 6 heteroatoms. The fourth-order valence-electron chi connectivity index (χ4n) is 2.74. The van der Waals surface area contributed by atoms with Crippen molar-refractivity contribution in [3.05, 3.63) is 30.1 Å². The summed E-state index contributed by atoms with van der Waals surface area (Å²) >= 11 is 0. The fraction of sp³-hybridized carbons (Fsp3) is 0.647. The van der Waals surface area contributed by atoms with Crippen molar-refractivity contribution in [1.82, 2.24) is 14.8 Å². The number of hydrogen-bond acceptors (Lipinski definition) is 5. The summed E-state index contributed by atoms with van der Waals surface area (Å²) in [4.78, 5) is 20.5. The Balaban J connectivity index is 1.71. The van der Waals surface area contributed by atoms with Gasteiger partial charge in [-0.1, -0.05) is 0 Å². The van der Waals surface area contributed by atoms with Crippen LogP contribution in [-0.4, -0.2) is 80.3 Å². The second-order valence-corrected chi connectivity index (χ2v) is 5.83. The van der Waals surface area contributed by atoms with Gasteiger partial charge in [0.15, 0.2) is 0 Å². The first-order valence-corrected chi connectivity index (χ1v) is 8.13. The monoisotopic (exact) mass is 321 g/mol. The minimum absolute atomic E-state index is 0.233. The summed E-state index contributed by atoms with van der Waals surface area (Å²) in [5, 5.41) is 0. The summed E-state index contributed by atoms with van der Waals surface area (Å²) in [6, 6.07) is 4.34. The molecule has 23 heavy (non-hydrogen) atoms. The number of aryl methyl sites for hydroxylation is 1. The molecular formula is C17H27N3O3. The molecule has 0 atom stereocenters. The highest BCUT2D eigenvalue weighted by atomic mass is 16.5. The molecule has 0 aliphatic carbocycles. The highest BCUT2D eigenvalue weighted by Gasteiger charge is 2.34. The van der Waals surface area contributed by atoms with E-state index in [1.165, 1.54) is 0 Å². The lowest BCUT2D eigenvalue weighted by Crippen LogP contribution is -2.62. The van der Waals surface area contributed by atoms with Crippen LogP contribution in [0.1, 0.15) is 12.0 Å². The molecule has 1 aliphatic heterocycles. The summed E-state index contributed by atoms with van der Waals surface area (Å²) in [5.41, 5.74) is 1.16. The number of hydrogen-bond donors (Lipinski definition) is 0. The standard InChI is InChI=1S/C17H27N3O3/c1-22-11-9-19(10-12-23-2)16-13-20(14-16)17(21)4-3-15-5-7-18-8-6-15/h5-8,16H,3-4,9-14H2,1-2H3. The Morgan fingerprint density at radius 1 is 1.22 bits per heavy atom. The number of likely N-dealkylation sites (tertiary alicyclic amines) is 1. The Morgan fingerprint density at radius 2 is 1.83 bits per heavy atom. The summed E-state index contributed by atoms with van der Waals surface area (Å²) in [6.45, 7) is 4.78. The van der Waals surface area contributed by atoms with Gasteiger partial charge in [0.25, 0.3) is 0 Å². The van der Waals surface area contributed by atoms with E-state index in [0.29, 0.717) is 25.7 Å². The van der Waals surface area contributed by atoms with Gasteiger partial charge in [-0.25, -0.2) is 0 Å². The maximum absolute atomic E-state index is 12.2. The Bertz CT molecular complexity index is 455. The molecule has 0 aromatic carbocycles. The Kier molecular flexibility index (Phi) is 7.45. The van der Waals surface area contributed by atoms with Gasteiger partial charge in [-0.3, -0.25) is 14.7 Å². The van der Waals surface area contributed by atoms with Crippen molar-refractivity contribution < 1.29 is 14.3 Å². The summed E-state index contributed by atoms with van der Waals surface area (Å²) in [7, 11) is 3.43. The molecule has 1 aliphatic rings. The zero-order chi connectivity index (χ0) is 16.5. The number of rotatable bonds is 10. The van der Waals surface area contributed by atoms with Gasteiger partial charge in [-0.15, -0.1) is 0 Å². The molecule has 0 radical (unpaired) electrons. The van der Waals surface area contributed by atoms with E-state index in [-0.39, 0.29) is 5.91 Å². The van der Waals surface area contributed by atoms with Crippen molar-refractivity contribution in [3.63, 3.8) is 0 Å². The van der Waals surface area contributed by atoms with Crippen molar-refractivity contribution in [2.45, 2.75) is 18.9 Å². The molecular weight excluding hydrogens is 294 g/mol. The van der Waals surface area contributed by atoms with E-state index in [2.05, 4.69) is 9.88 Å². The van der Waals surface area contributed by atoms with Crippen LogP contribution >= 0.6 is 0 Å². The Morgan fingerprint density at radius 3 is 2.39 bits per heavy atom. The molecule has 0 saturated carbocycles. The number of pyridine rings is 1. The lowest BCUT2D eigenvalue weighted by atomic mass is 10.0. The second-order valence-electron chi connectivity index (χ2n) is 5.83. The van der Waals surface area contributed by atoms with E-state index >= 15 is 0 Å². The molecule has 1 fully saturated rings. The number of carbonyl (C=O) groups excluding carboxylic acids is 1. The van der Waals surface area contributed by atoms with E-state index in [1.54, 1.807) is 26.6 Å². The fourth-order valence-corrected chi connectivity index (χ4v) is 2.74. The predicted octanol–water partition coefficient (Wildman–Crippen LogP) is 0.820. The van der Waals surface area contributed by atoms with Crippen molar-refractivity contribution in [1.29, 1.82) is 0 Å². The van der Waals surface area contributed by atoms with Crippen LogP contribution in [0.2, 0.25) is 0 Å². The number of nitrogens with zero attached hydrogens (tertiary/aromatic N) is 3. The maximum atomic E-state index is 12.2. The third-order valence-corrected chi connectivity index (χ3v) is 4.27. The zero-order valence-corrected chi connectivity index (χ0v) is 14.1. The van der Waals surface area contributed by atoms with E-state index in [1.807, 2.05) is 17.0 Å². The van der Waals surface area contributed by atoms with Crippen LogP contribution in [0.25, 0.3) is 0 Å². The number of carbonyl (C=O) groups is 1. The van der Waals surface area contributed by atoms with Crippen molar-refractivity contribution in [2.24, 2.45) is 0 Å². The van der Waals surface area contributed by atoms with Crippen LogP contribution in [0.5, 0.6) is 0 Å². The molecule has 1 amide bonds. The van der Waals surface area contributed by atoms with Gasteiger partial charge in [0.2, 0.25) is 5.91 Å². The quantitative estimate of drug-likeness (QED) is 0.639. The topological polar surface area (TPSA) is 54.9 Å². The number of methoxy groups -OCH3 is 2. The first-order chi connectivity index (χ1) is 11.2. The molecule has 2 heterocycles. The van der Waals surface area contributed by atoms with Crippen LogP contribution < -0.4 is 0 Å². The molecule has 0 unspecified atom stereocenters. The van der Waals surface area contributed by atoms with Gasteiger partial charge in [-0.05, 0) is 24.1 Å². The van der Waals surface area contributed by atoms with Crippen LogP contribution in [0, 0.1) is 0 Å². The third kappa shape index (κ3) is 5.57. The molecule has 1 saturated heterocycles. The number of ether oxygens (including phenoxy) is 2. The van der Waals surface area contributed by atoms with Gasteiger partial charge in [0.05, 0.1) is 13.2 Å². The lowest BCUT2D eigenvalue weighted by molar-refractivity contribution is -0.139. The minimum atomic E-state index is 0.233. The Hall–Kier alpha value is -1.50. The number of aromatic nitrogens is 1. The van der Waals surface area contributed by atoms with Gasteiger partial charge < -0.3 is 14.4 Å². The molecule has 128 valence electrons. The van der Waals surface area contributed by atoms with Crippen molar-refractivity contribution in [3.8, 4) is 0 Å². The van der Waals surface area contributed by atoms with Crippen molar-refractivity contribution >= 4 is 5.91 Å².